The lowest BCUT2D eigenvalue weighted by Gasteiger charge is -2.15. The molecule has 0 aromatic carbocycles. The Morgan fingerprint density at radius 3 is 2.85 bits per heavy atom. The van der Waals surface area contributed by atoms with Gasteiger partial charge in [0.1, 0.15) is 17.7 Å². The first kappa shape index (κ1) is 13.1. The molecule has 0 radical (unpaired) electrons. The molecule has 3 aromatic heterocycles. The summed E-state index contributed by atoms with van der Waals surface area (Å²) < 4.78 is 3.91. The van der Waals surface area contributed by atoms with Crippen molar-refractivity contribution >= 4 is 22.8 Å². The second-order valence-corrected chi connectivity index (χ2v) is 5.13. The van der Waals surface area contributed by atoms with Crippen LogP contribution < -0.4 is 0 Å². The van der Waals surface area contributed by atoms with Crippen LogP contribution in [-0.2, 0) is 12.9 Å². The number of hydrogen-bond donors (Lipinski definition) is 0. The molecular weight excluding hydrogens is 276 g/mol. The number of hydrogen-bond acceptors (Lipinski definition) is 4. The third-order valence-electron chi connectivity index (χ3n) is 3.37. The van der Waals surface area contributed by atoms with E-state index < -0.39 is 0 Å². The van der Waals surface area contributed by atoms with Crippen molar-refractivity contribution in [2.24, 2.45) is 7.05 Å². The number of nitrogens with zero attached hydrogens (tertiary/aromatic N) is 6. The monoisotopic (exact) mass is 290 g/mol. The van der Waals surface area contributed by atoms with Gasteiger partial charge in [-0.15, -0.1) is 21.8 Å². The molecule has 3 aromatic rings. The molecule has 1 atom stereocenters. The van der Waals surface area contributed by atoms with Crippen molar-refractivity contribution in [1.29, 1.82) is 0 Å². The van der Waals surface area contributed by atoms with Crippen molar-refractivity contribution in [3.63, 3.8) is 0 Å². The minimum Gasteiger partial charge on any atom is -0.319 e. The Labute approximate surface area is 121 Å². The van der Waals surface area contributed by atoms with Crippen LogP contribution in [0.4, 0.5) is 0 Å². The molecule has 20 heavy (non-hydrogen) atoms. The van der Waals surface area contributed by atoms with Crippen molar-refractivity contribution in [3.8, 4) is 0 Å². The molecule has 0 bridgehead atoms. The highest BCUT2D eigenvalue weighted by molar-refractivity contribution is 6.16. The van der Waals surface area contributed by atoms with Gasteiger partial charge in [-0.05, 0) is 25.5 Å². The van der Waals surface area contributed by atoms with E-state index in [1.807, 2.05) is 42.3 Å². The quantitative estimate of drug-likeness (QED) is 0.694. The number of rotatable bonds is 3. The highest BCUT2D eigenvalue weighted by Gasteiger charge is 2.20. The molecule has 0 fully saturated rings. The summed E-state index contributed by atoms with van der Waals surface area (Å²) in [5, 5.41) is 8.09. The molecule has 0 spiro atoms. The molecule has 3 rings (SSSR count). The van der Waals surface area contributed by atoms with Gasteiger partial charge in [-0.2, -0.15) is 0 Å². The van der Waals surface area contributed by atoms with Gasteiger partial charge in [0.2, 0.25) is 0 Å². The van der Waals surface area contributed by atoms with Gasteiger partial charge in [0.25, 0.3) is 0 Å². The Kier molecular flexibility index (Phi) is 3.17. The fourth-order valence-corrected chi connectivity index (χ4v) is 2.61. The van der Waals surface area contributed by atoms with E-state index in [0.717, 1.165) is 28.4 Å². The highest BCUT2D eigenvalue weighted by Crippen LogP contribution is 2.24. The van der Waals surface area contributed by atoms with Gasteiger partial charge in [0, 0.05) is 13.2 Å². The molecule has 0 amide bonds. The molecule has 1 unspecified atom stereocenters. The smallest absolute Gasteiger partial charge is 0.160 e. The SMILES string of the molecule is Cc1cnc2c(c1)nc(CCl)n2C(C)c1nncn1C. The number of imidazole rings is 1. The van der Waals surface area contributed by atoms with E-state index in [1.165, 1.54) is 0 Å². The van der Waals surface area contributed by atoms with Crippen LogP contribution in [0, 0.1) is 6.92 Å². The Balaban J connectivity index is 2.21. The number of aryl methyl sites for hydroxylation is 2. The second kappa shape index (κ2) is 4.86. The zero-order valence-electron chi connectivity index (χ0n) is 11.6. The number of aromatic nitrogens is 6. The molecule has 104 valence electrons. The maximum atomic E-state index is 6.03. The lowest BCUT2D eigenvalue weighted by molar-refractivity contribution is 0.568. The van der Waals surface area contributed by atoms with Crippen molar-refractivity contribution in [2.75, 3.05) is 0 Å². The van der Waals surface area contributed by atoms with Crippen LogP contribution in [0.3, 0.4) is 0 Å². The average Bonchev–Trinajstić information content (AvgIpc) is 3.00. The molecule has 0 aliphatic heterocycles. The van der Waals surface area contributed by atoms with Crippen molar-refractivity contribution in [3.05, 3.63) is 35.8 Å². The van der Waals surface area contributed by atoms with E-state index in [0.29, 0.717) is 5.88 Å². The number of pyridine rings is 1. The normalized spacial score (nSPS) is 13.0. The Bertz CT molecular complexity index is 759. The van der Waals surface area contributed by atoms with Gasteiger partial charge in [-0.25, -0.2) is 9.97 Å². The molecule has 0 saturated carbocycles. The standard InChI is InChI=1S/C13H15ClN6/c1-8-4-10-13(15-6-8)20(11(5-14)17-10)9(2)12-18-16-7-19(12)3/h4,6-7,9H,5H2,1-3H3. The predicted octanol–water partition coefficient (Wildman–Crippen LogP) is 2.22. The minimum atomic E-state index is -0.0311. The summed E-state index contributed by atoms with van der Waals surface area (Å²) in [5.74, 6) is 1.96. The third-order valence-corrected chi connectivity index (χ3v) is 3.61. The molecular formula is C13H15ClN6. The maximum Gasteiger partial charge on any atom is 0.160 e. The van der Waals surface area contributed by atoms with E-state index >= 15 is 0 Å². The van der Waals surface area contributed by atoms with Gasteiger partial charge < -0.3 is 9.13 Å². The second-order valence-electron chi connectivity index (χ2n) is 4.86. The number of halogens is 1. The van der Waals surface area contributed by atoms with Gasteiger partial charge >= 0.3 is 0 Å². The molecule has 0 saturated heterocycles. The van der Waals surface area contributed by atoms with E-state index in [2.05, 4.69) is 20.2 Å². The minimum absolute atomic E-state index is 0.0311. The summed E-state index contributed by atoms with van der Waals surface area (Å²) in [7, 11) is 1.92. The van der Waals surface area contributed by atoms with Gasteiger partial charge in [-0.1, -0.05) is 0 Å². The molecule has 0 aliphatic rings. The summed E-state index contributed by atoms with van der Waals surface area (Å²) in [6.45, 7) is 4.04. The van der Waals surface area contributed by atoms with Crippen LogP contribution in [0.15, 0.2) is 18.6 Å². The molecule has 0 aliphatic carbocycles. The van der Waals surface area contributed by atoms with E-state index in [9.17, 15) is 0 Å². The van der Waals surface area contributed by atoms with Crippen LogP contribution in [0.5, 0.6) is 0 Å². The van der Waals surface area contributed by atoms with Crippen LogP contribution in [0.2, 0.25) is 0 Å². The van der Waals surface area contributed by atoms with Crippen LogP contribution in [0.1, 0.15) is 30.2 Å². The van der Waals surface area contributed by atoms with E-state index in [1.54, 1.807) is 6.33 Å². The molecule has 3 heterocycles. The number of alkyl halides is 1. The van der Waals surface area contributed by atoms with Gasteiger partial charge in [0.15, 0.2) is 11.5 Å². The largest absolute Gasteiger partial charge is 0.319 e. The van der Waals surface area contributed by atoms with E-state index in [4.69, 9.17) is 11.6 Å². The topological polar surface area (TPSA) is 61.4 Å². The summed E-state index contributed by atoms with van der Waals surface area (Å²) in [6.07, 6.45) is 3.52. The van der Waals surface area contributed by atoms with Crippen LogP contribution in [0.25, 0.3) is 11.2 Å². The van der Waals surface area contributed by atoms with Crippen molar-refractivity contribution < 1.29 is 0 Å². The summed E-state index contributed by atoms with van der Waals surface area (Å²) in [6, 6.07) is 1.98. The lowest BCUT2D eigenvalue weighted by atomic mass is 10.3. The zero-order chi connectivity index (χ0) is 14.3. The highest BCUT2D eigenvalue weighted by atomic mass is 35.5. The van der Waals surface area contributed by atoms with Gasteiger partial charge in [0.05, 0.1) is 11.9 Å². The van der Waals surface area contributed by atoms with E-state index in [-0.39, 0.29) is 6.04 Å². The first-order chi connectivity index (χ1) is 9.61. The summed E-state index contributed by atoms with van der Waals surface area (Å²) in [5.41, 5.74) is 2.76. The molecule has 0 N–H and O–H groups in total. The maximum absolute atomic E-state index is 6.03. The summed E-state index contributed by atoms with van der Waals surface area (Å²) in [4.78, 5) is 9.06. The fraction of sp³-hybridized carbons (Fsp3) is 0.385. The first-order valence-electron chi connectivity index (χ1n) is 6.35. The van der Waals surface area contributed by atoms with Crippen molar-refractivity contribution in [1.82, 2.24) is 29.3 Å². The van der Waals surface area contributed by atoms with Crippen molar-refractivity contribution in [2.45, 2.75) is 25.8 Å². The summed E-state index contributed by atoms with van der Waals surface area (Å²) >= 11 is 6.03. The Hall–Kier alpha value is -1.95. The Morgan fingerprint density at radius 2 is 2.20 bits per heavy atom. The average molecular weight is 291 g/mol. The van der Waals surface area contributed by atoms with Gasteiger partial charge in [-0.3, -0.25) is 0 Å². The molecule has 6 nitrogen and oxygen atoms in total. The zero-order valence-corrected chi connectivity index (χ0v) is 12.3. The lowest BCUT2D eigenvalue weighted by Crippen LogP contribution is -2.14. The Morgan fingerprint density at radius 1 is 1.40 bits per heavy atom. The predicted molar refractivity (Wildman–Crippen MR) is 76.6 cm³/mol. The molecule has 7 heteroatoms. The number of fused-ring (bicyclic) bond motifs is 1. The first-order valence-corrected chi connectivity index (χ1v) is 6.88. The van der Waals surface area contributed by atoms with Crippen LogP contribution in [-0.4, -0.2) is 29.3 Å². The fourth-order valence-electron chi connectivity index (χ4n) is 2.42. The third kappa shape index (κ3) is 1.96. The van der Waals surface area contributed by atoms with Crippen LogP contribution >= 0.6 is 11.6 Å².